The van der Waals surface area contributed by atoms with E-state index in [0.29, 0.717) is 32.6 Å². The number of ether oxygens (including phenoxy) is 1. The fraction of sp³-hybridized carbons (Fsp3) is 0.375. The van der Waals surface area contributed by atoms with E-state index in [0.717, 1.165) is 45.1 Å². The van der Waals surface area contributed by atoms with Crippen molar-refractivity contribution in [3.05, 3.63) is 58.6 Å². The van der Waals surface area contributed by atoms with Gasteiger partial charge < -0.3 is 20.1 Å². The molecule has 2 aromatic carbocycles. The Kier molecular flexibility index (Phi) is 5.57. The van der Waals surface area contributed by atoms with Gasteiger partial charge in [0.25, 0.3) is 0 Å². The summed E-state index contributed by atoms with van der Waals surface area (Å²) < 4.78 is 6.54. The number of nitrogens with zero attached hydrogens (tertiary/aromatic N) is 2. The van der Waals surface area contributed by atoms with E-state index >= 15 is 0 Å². The minimum absolute atomic E-state index is 0.186. The lowest BCUT2D eigenvalue weighted by atomic mass is 9.80. The Morgan fingerprint density at radius 2 is 1.81 bits per heavy atom. The molecule has 0 saturated carbocycles. The van der Waals surface area contributed by atoms with Crippen molar-refractivity contribution in [1.82, 2.24) is 10.3 Å². The molecule has 0 bridgehead atoms. The van der Waals surface area contributed by atoms with E-state index in [4.69, 9.17) is 9.72 Å². The number of thiazole rings is 1. The van der Waals surface area contributed by atoms with Gasteiger partial charge in [-0.15, -0.1) is 11.3 Å². The van der Waals surface area contributed by atoms with Crippen molar-refractivity contribution in [1.29, 1.82) is 0 Å². The van der Waals surface area contributed by atoms with Crippen LogP contribution >= 0.6 is 11.3 Å². The molecule has 1 amide bonds. The molecular formula is C24H25N3O4S. The van der Waals surface area contributed by atoms with Gasteiger partial charge in [0.2, 0.25) is 5.91 Å². The molecular weight excluding hydrogens is 426 g/mol. The maximum Gasteiger partial charge on any atom is 0.304 e. The van der Waals surface area contributed by atoms with Crippen molar-refractivity contribution in [2.75, 3.05) is 31.2 Å². The van der Waals surface area contributed by atoms with E-state index in [1.54, 1.807) is 11.3 Å². The van der Waals surface area contributed by atoms with Crippen LogP contribution in [0.25, 0.3) is 10.2 Å². The topological polar surface area (TPSA) is 91.8 Å². The maximum atomic E-state index is 13.3. The van der Waals surface area contributed by atoms with E-state index in [9.17, 15) is 14.7 Å². The van der Waals surface area contributed by atoms with Gasteiger partial charge in [0.15, 0.2) is 0 Å². The molecule has 2 aliphatic rings. The summed E-state index contributed by atoms with van der Waals surface area (Å²) in [6, 6.07) is 14.0. The van der Waals surface area contributed by atoms with E-state index < -0.39 is 11.4 Å². The van der Waals surface area contributed by atoms with Crippen LogP contribution in [0.3, 0.4) is 0 Å². The smallest absolute Gasteiger partial charge is 0.304 e. The number of hydrogen-bond acceptors (Lipinski definition) is 6. The Morgan fingerprint density at radius 3 is 2.50 bits per heavy atom. The Bertz CT molecular complexity index is 1140. The lowest BCUT2D eigenvalue weighted by Gasteiger charge is -2.28. The molecule has 0 atom stereocenters. The van der Waals surface area contributed by atoms with Crippen molar-refractivity contribution in [2.24, 2.45) is 5.41 Å². The molecule has 1 saturated heterocycles. The monoisotopic (exact) mass is 451 g/mol. The minimum atomic E-state index is -0.955. The third kappa shape index (κ3) is 3.96. The van der Waals surface area contributed by atoms with Gasteiger partial charge in [-0.05, 0) is 36.1 Å². The number of nitrogens with one attached hydrogen (secondary N) is 1. The number of morpholine rings is 1. The number of anilines is 1. The van der Waals surface area contributed by atoms with Crippen molar-refractivity contribution < 1.29 is 19.4 Å². The first-order valence-electron chi connectivity index (χ1n) is 10.8. The second-order valence-electron chi connectivity index (χ2n) is 8.49. The van der Waals surface area contributed by atoms with E-state index in [-0.39, 0.29) is 12.3 Å². The van der Waals surface area contributed by atoms with E-state index in [2.05, 4.69) is 16.3 Å². The summed E-state index contributed by atoms with van der Waals surface area (Å²) in [6.07, 6.45) is 0.708. The van der Waals surface area contributed by atoms with E-state index in [1.807, 2.05) is 36.4 Å². The highest BCUT2D eigenvalue weighted by molar-refractivity contribution is 7.18. The number of aliphatic carboxylic acids is 1. The van der Waals surface area contributed by atoms with Crippen molar-refractivity contribution in [2.45, 2.75) is 25.8 Å². The minimum Gasteiger partial charge on any atom is -0.481 e. The zero-order chi connectivity index (χ0) is 22.1. The molecule has 8 heteroatoms. The highest BCUT2D eigenvalue weighted by atomic mass is 32.1. The summed E-state index contributed by atoms with van der Waals surface area (Å²) in [6.45, 7) is 3.37. The van der Waals surface area contributed by atoms with Gasteiger partial charge in [0.1, 0.15) is 10.5 Å². The van der Waals surface area contributed by atoms with Crippen molar-refractivity contribution in [3.63, 3.8) is 0 Å². The lowest BCUT2D eigenvalue weighted by Crippen LogP contribution is -2.43. The highest BCUT2D eigenvalue weighted by Crippen LogP contribution is 2.40. The van der Waals surface area contributed by atoms with Crippen LogP contribution in [0.4, 0.5) is 5.69 Å². The molecule has 0 unspecified atom stereocenters. The number of carboxylic acid groups (broad SMARTS) is 1. The molecule has 5 rings (SSSR count). The van der Waals surface area contributed by atoms with Crippen LogP contribution in [0, 0.1) is 5.41 Å². The van der Waals surface area contributed by atoms with Gasteiger partial charge >= 0.3 is 5.97 Å². The van der Waals surface area contributed by atoms with Gasteiger partial charge in [-0.2, -0.15) is 0 Å². The van der Waals surface area contributed by atoms with Crippen LogP contribution in [0.2, 0.25) is 0 Å². The number of benzene rings is 2. The second kappa shape index (κ2) is 8.52. The Labute approximate surface area is 190 Å². The first-order valence-corrected chi connectivity index (χ1v) is 11.6. The van der Waals surface area contributed by atoms with Crippen molar-refractivity contribution >= 4 is 39.1 Å². The Balaban J connectivity index is 1.34. The van der Waals surface area contributed by atoms with Gasteiger partial charge in [0, 0.05) is 13.1 Å². The number of amides is 1. The molecule has 0 radical (unpaired) electrons. The normalized spacial score (nSPS) is 17.3. The summed E-state index contributed by atoms with van der Waals surface area (Å²) in [5.74, 6) is -1.17. The summed E-state index contributed by atoms with van der Waals surface area (Å²) in [5.41, 5.74) is 3.19. The quantitative estimate of drug-likeness (QED) is 0.599. The number of carboxylic acids is 1. The molecule has 0 spiro atoms. The van der Waals surface area contributed by atoms with Crippen LogP contribution < -0.4 is 10.2 Å². The average molecular weight is 452 g/mol. The number of carbonyl (C=O) groups is 2. The summed E-state index contributed by atoms with van der Waals surface area (Å²) in [5, 5.41) is 13.3. The number of para-hydroxylation sites is 1. The van der Waals surface area contributed by atoms with Gasteiger partial charge in [-0.3, -0.25) is 9.59 Å². The molecule has 1 fully saturated rings. The summed E-state index contributed by atoms with van der Waals surface area (Å²) >= 11 is 1.56. The fourth-order valence-electron chi connectivity index (χ4n) is 4.81. The third-order valence-corrected chi connectivity index (χ3v) is 7.36. The summed E-state index contributed by atoms with van der Waals surface area (Å²) in [7, 11) is 0. The molecule has 3 aromatic rings. The van der Waals surface area contributed by atoms with Crippen LogP contribution in [0.15, 0.2) is 42.5 Å². The number of fused-ring (bicyclic) bond motifs is 2. The summed E-state index contributed by atoms with van der Waals surface area (Å²) in [4.78, 5) is 31.9. The average Bonchev–Trinajstić information content (AvgIpc) is 3.38. The Hall–Kier alpha value is -2.97. The standard InChI is InChI=1S/C24H25N3O4S/c28-21(29)14-24(12-16-4-1-2-5-17(16)13-24)23(30)25-15-20-26-22-18(6-3-7-19(22)32-20)27-8-10-31-11-9-27/h1-7H,8-15H2,(H,25,30)(H,28,29). The largest absolute Gasteiger partial charge is 0.481 e. The van der Waals surface area contributed by atoms with Crippen LogP contribution in [0.5, 0.6) is 0 Å². The molecule has 2 N–H and O–H groups in total. The van der Waals surface area contributed by atoms with Crippen molar-refractivity contribution in [3.8, 4) is 0 Å². The fourth-order valence-corrected chi connectivity index (χ4v) is 5.74. The number of hydrogen-bond donors (Lipinski definition) is 2. The zero-order valence-electron chi connectivity index (χ0n) is 17.7. The van der Waals surface area contributed by atoms with Crippen LogP contribution in [0.1, 0.15) is 22.6 Å². The predicted molar refractivity (Wildman–Crippen MR) is 123 cm³/mol. The SMILES string of the molecule is O=C(O)CC1(C(=O)NCc2nc3c(N4CCOCC4)cccc3s2)Cc2ccccc2C1. The molecule has 7 nitrogen and oxygen atoms in total. The maximum absolute atomic E-state index is 13.3. The first-order chi connectivity index (χ1) is 15.5. The molecule has 1 aliphatic heterocycles. The third-order valence-electron chi connectivity index (χ3n) is 6.34. The first kappa shape index (κ1) is 20.9. The molecule has 1 aliphatic carbocycles. The molecule has 1 aromatic heterocycles. The highest BCUT2D eigenvalue weighted by Gasteiger charge is 2.45. The predicted octanol–water partition coefficient (Wildman–Crippen LogP) is 3.01. The number of rotatable bonds is 6. The zero-order valence-corrected chi connectivity index (χ0v) is 18.5. The molecule has 32 heavy (non-hydrogen) atoms. The molecule has 2 heterocycles. The second-order valence-corrected chi connectivity index (χ2v) is 9.60. The van der Waals surface area contributed by atoms with Gasteiger partial charge in [-0.25, -0.2) is 4.98 Å². The van der Waals surface area contributed by atoms with Crippen LogP contribution in [-0.4, -0.2) is 48.3 Å². The lowest BCUT2D eigenvalue weighted by molar-refractivity contribution is -0.145. The molecule has 166 valence electrons. The van der Waals surface area contributed by atoms with Gasteiger partial charge in [-0.1, -0.05) is 30.3 Å². The number of carbonyl (C=O) groups excluding carboxylic acids is 1. The van der Waals surface area contributed by atoms with Gasteiger partial charge in [0.05, 0.1) is 42.0 Å². The van der Waals surface area contributed by atoms with E-state index in [1.165, 1.54) is 0 Å². The Morgan fingerprint density at radius 1 is 1.09 bits per heavy atom. The van der Waals surface area contributed by atoms with Crippen LogP contribution in [-0.2, 0) is 33.7 Å². The number of aromatic nitrogens is 1.